The lowest BCUT2D eigenvalue weighted by atomic mass is 9.96. The first-order valence-electron chi connectivity index (χ1n) is 3.27. The van der Waals surface area contributed by atoms with Crippen LogP contribution in [-0.2, 0) is 4.79 Å². The van der Waals surface area contributed by atoms with E-state index < -0.39 is 0 Å². The molecule has 0 amide bonds. The Hall–Kier alpha value is 0.110. The molecule has 1 rings (SSSR count). The van der Waals surface area contributed by atoms with Gasteiger partial charge in [0.25, 0.3) is 0 Å². The zero-order valence-corrected chi connectivity index (χ0v) is 9.22. The molecule has 0 aromatic carbocycles. The number of rotatable bonds is 1. The second-order valence-electron chi connectivity index (χ2n) is 2.52. The molecule has 0 aromatic heterocycles. The van der Waals surface area contributed by atoms with Gasteiger partial charge in [0, 0.05) is 0 Å². The maximum atomic E-state index is 10.6. The van der Waals surface area contributed by atoms with Crippen molar-refractivity contribution in [3.8, 4) is 0 Å². The van der Waals surface area contributed by atoms with E-state index in [9.17, 15) is 4.79 Å². The summed E-state index contributed by atoms with van der Waals surface area (Å²) in [5, 5.41) is 0. The normalized spacial score (nSPS) is 27.9. The first-order valence-corrected chi connectivity index (χ1v) is 4.86. The van der Waals surface area contributed by atoms with E-state index in [1.165, 1.54) is 0 Å². The summed E-state index contributed by atoms with van der Waals surface area (Å²) in [4.78, 5) is 10.6. The standard InChI is InChI=1S/C8H8Br2O/c1-6-3-2-4-7(5-11)8(6,9)10/h2-5,7H,1H3. The lowest BCUT2D eigenvalue weighted by Gasteiger charge is -2.27. The number of aldehydes is 1. The molecule has 0 aliphatic heterocycles. The molecule has 0 bridgehead atoms. The fraction of sp³-hybridized carbons (Fsp3) is 0.375. The molecule has 0 saturated carbocycles. The van der Waals surface area contributed by atoms with Crippen LogP contribution in [0.25, 0.3) is 0 Å². The van der Waals surface area contributed by atoms with Crippen molar-refractivity contribution in [1.29, 1.82) is 0 Å². The van der Waals surface area contributed by atoms with Gasteiger partial charge in [0.2, 0.25) is 0 Å². The molecular weight excluding hydrogens is 272 g/mol. The summed E-state index contributed by atoms with van der Waals surface area (Å²) >= 11 is 6.90. The molecule has 3 heteroatoms. The Morgan fingerprint density at radius 1 is 1.64 bits per heavy atom. The van der Waals surface area contributed by atoms with Crippen molar-refractivity contribution in [3.05, 3.63) is 23.8 Å². The van der Waals surface area contributed by atoms with Gasteiger partial charge < -0.3 is 4.79 Å². The van der Waals surface area contributed by atoms with Crippen LogP contribution in [0.1, 0.15) is 6.92 Å². The zero-order valence-electron chi connectivity index (χ0n) is 6.05. The Balaban J connectivity index is 2.97. The van der Waals surface area contributed by atoms with E-state index in [-0.39, 0.29) is 9.15 Å². The van der Waals surface area contributed by atoms with Gasteiger partial charge in [-0.15, -0.1) is 0 Å². The fourth-order valence-corrected chi connectivity index (χ4v) is 1.73. The molecule has 1 nitrogen and oxygen atoms in total. The Morgan fingerprint density at radius 2 is 2.27 bits per heavy atom. The summed E-state index contributed by atoms with van der Waals surface area (Å²) in [5.41, 5.74) is 1.11. The summed E-state index contributed by atoms with van der Waals surface area (Å²) in [6.45, 7) is 1.98. The molecule has 1 aliphatic rings. The third-order valence-electron chi connectivity index (χ3n) is 1.76. The quantitative estimate of drug-likeness (QED) is 0.533. The Morgan fingerprint density at radius 3 is 2.73 bits per heavy atom. The average Bonchev–Trinajstić information content (AvgIpc) is 1.95. The number of halogens is 2. The molecule has 0 fully saturated rings. The number of allylic oxidation sites excluding steroid dienone is 4. The van der Waals surface area contributed by atoms with Crippen LogP contribution in [0.4, 0.5) is 0 Å². The minimum atomic E-state index is -0.365. The highest BCUT2D eigenvalue weighted by Gasteiger charge is 2.34. The molecule has 1 aliphatic carbocycles. The van der Waals surface area contributed by atoms with Crippen LogP contribution in [0.5, 0.6) is 0 Å². The highest BCUT2D eigenvalue weighted by Crippen LogP contribution is 2.43. The summed E-state index contributed by atoms with van der Waals surface area (Å²) in [6, 6.07) is 0. The van der Waals surface area contributed by atoms with Crippen LogP contribution < -0.4 is 0 Å². The van der Waals surface area contributed by atoms with E-state index in [4.69, 9.17) is 0 Å². The topological polar surface area (TPSA) is 17.1 Å². The maximum absolute atomic E-state index is 10.6. The van der Waals surface area contributed by atoms with Gasteiger partial charge in [0.1, 0.15) is 9.52 Å². The maximum Gasteiger partial charge on any atom is 0.129 e. The molecule has 1 unspecified atom stereocenters. The second kappa shape index (κ2) is 3.23. The summed E-state index contributed by atoms with van der Waals surface area (Å²) < 4.78 is -0.365. The van der Waals surface area contributed by atoms with Crippen molar-refractivity contribution in [3.63, 3.8) is 0 Å². The van der Waals surface area contributed by atoms with Crippen molar-refractivity contribution in [2.75, 3.05) is 0 Å². The summed E-state index contributed by atoms with van der Waals surface area (Å²) in [5.74, 6) is -0.118. The largest absolute Gasteiger partial charge is 0.303 e. The minimum Gasteiger partial charge on any atom is -0.303 e. The molecule has 0 radical (unpaired) electrons. The van der Waals surface area contributed by atoms with Crippen molar-refractivity contribution in [2.24, 2.45) is 5.92 Å². The molecule has 0 heterocycles. The molecule has 0 N–H and O–H groups in total. The molecule has 0 spiro atoms. The number of alkyl halides is 2. The lowest BCUT2D eigenvalue weighted by Crippen LogP contribution is -2.27. The van der Waals surface area contributed by atoms with Gasteiger partial charge in [0.15, 0.2) is 0 Å². The fourth-order valence-electron chi connectivity index (χ4n) is 0.945. The van der Waals surface area contributed by atoms with Gasteiger partial charge in [-0.05, 0) is 12.5 Å². The summed E-state index contributed by atoms with van der Waals surface area (Å²) in [7, 11) is 0. The van der Waals surface area contributed by atoms with E-state index in [1.54, 1.807) is 0 Å². The Bertz CT molecular complexity index is 228. The third kappa shape index (κ3) is 1.64. The van der Waals surface area contributed by atoms with Gasteiger partial charge in [-0.1, -0.05) is 50.1 Å². The molecule has 0 aromatic rings. The number of hydrogen-bond donors (Lipinski definition) is 0. The Labute approximate surface area is 82.8 Å². The highest BCUT2D eigenvalue weighted by molar-refractivity contribution is 9.25. The van der Waals surface area contributed by atoms with Gasteiger partial charge in [-0.25, -0.2) is 0 Å². The lowest BCUT2D eigenvalue weighted by molar-refractivity contribution is -0.109. The third-order valence-corrected chi connectivity index (χ3v) is 4.06. The predicted octanol–water partition coefficient (Wildman–Crippen LogP) is 2.80. The van der Waals surface area contributed by atoms with Gasteiger partial charge >= 0.3 is 0 Å². The zero-order chi connectivity index (χ0) is 8.48. The highest BCUT2D eigenvalue weighted by atomic mass is 79.9. The van der Waals surface area contributed by atoms with E-state index >= 15 is 0 Å². The van der Waals surface area contributed by atoms with E-state index in [1.807, 2.05) is 25.2 Å². The minimum absolute atomic E-state index is 0.118. The predicted molar refractivity (Wildman–Crippen MR) is 53.0 cm³/mol. The van der Waals surface area contributed by atoms with Crippen LogP contribution in [0.15, 0.2) is 23.8 Å². The molecule has 11 heavy (non-hydrogen) atoms. The van der Waals surface area contributed by atoms with Crippen molar-refractivity contribution in [2.45, 2.75) is 10.2 Å². The van der Waals surface area contributed by atoms with Gasteiger partial charge in [-0.2, -0.15) is 0 Å². The molecular formula is C8H8Br2O. The van der Waals surface area contributed by atoms with Crippen LogP contribution in [0.2, 0.25) is 0 Å². The van der Waals surface area contributed by atoms with Crippen LogP contribution >= 0.6 is 31.9 Å². The van der Waals surface area contributed by atoms with Crippen molar-refractivity contribution in [1.82, 2.24) is 0 Å². The monoisotopic (exact) mass is 278 g/mol. The number of hydrogen-bond acceptors (Lipinski definition) is 1. The molecule has 60 valence electrons. The number of carbonyl (C=O) groups excluding carboxylic acids is 1. The molecule has 0 saturated heterocycles. The first kappa shape index (κ1) is 9.20. The van der Waals surface area contributed by atoms with E-state index in [0.717, 1.165) is 11.9 Å². The summed E-state index contributed by atoms with van der Waals surface area (Å²) in [6.07, 6.45) is 6.67. The molecule has 1 atom stereocenters. The van der Waals surface area contributed by atoms with Crippen LogP contribution in [0.3, 0.4) is 0 Å². The van der Waals surface area contributed by atoms with Crippen molar-refractivity contribution >= 4 is 38.1 Å². The van der Waals surface area contributed by atoms with E-state index in [0.29, 0.717) is 0 Å². The van der Waals surface area contributed by atoms with Crippen LogP contribution in [0, 0.1) is 5.92 Å². The van der Waals surface area contributed by atoms with Gasteiger partial charge in [0.05, 0.1) is 5.92 Å². The van der Waals surface area contributed by atoms with Crippen molar-refractivity contribution < 1.29 is 4.79 Å². The van der Waals surface area contributed by atoms with Gasteiger partial charge in [-0.3, -0.25) is 0 Å². The Kier molecular flexibility index (Phi) is 2.70. The second-order valence-corrected chi connectivity index (χ2v) is 6.09. The van der Waals surface area contributed by atoms with Crippen LogP contribution in [-0.4, -0.2) is 9.52 Å². The first-order chi connectivity index (χ1) is 5.09. The van der Waals surface area contributed by atoms with E-state index in [2.05, 4.69) is 31.9 Å². The smallest absolute Gasteiger partial charge is 0.129 e. The number of carbonyl (C=O) groups is 1. The SMILES string of the molecule is CC1=CC=CC(C=O)C1(Br)Br. The average molecular weight is 280 g/mol.